The molecule has 6 heteroatoms. The molecule has 0 aliphatic carbocycles. The van der Waals surface area contributed by atoms with Crippen LogP contribution >= 0.6 is 11.3 Å². The summed E-state index contributed by atoms with van der Waals surface area (Å²) in [5, 5.41) is 5.14. The Balaban J connectivity index is 1.57. The average Bonchev–Trinajstić information content (AvgIpc) is 3.28. The molecule has 0 bridgehead atoms. The summed E-state index contributed by atoms with van der Waals surface area (Å²) in [6, 6.07) is 10.4. The number of nitrogens with one attached hydrogen (secondary N) is 1. The summed E-state index contributed by atoms with van der Waals surface area (Å²) in [7, 11) is 0. The lowest BCUT2D eigenvalue weighted by Gasteiger charge is -2.14. The summed E-state index contributed by atoms with van der Waals surface area (Å²) in [5.74, 6) is -0.226. The van der Waals surface area contributed by atoms with Crippen LogP contribution in [-0.4, -0.2) is 28.9 Å². The Hall–Kier alpha value is -2.47. The summed E-state index contributed by atoms with van der Waals surface area (Å²) >= 11 is 1.58. The predicted molar refractivity (Wildman–Crippen MR) is 98.5 cm³/mol. The van der Waals surface area contributed by atoms with Crippen molar-refractivity contribution in [2.45, 2.75) is 19.4 Å². The van der Waals surface area contributed by atoms with Gasteiger partial charge in [0.1, 0.15) is 11.5 Å². The molecule has 4 nitrogen and oxygen atoms in total. The third-order valence-electron chi connectivity index (χ3n) is 4.40. The first-order valence-corrected chi connectivity index (χ1v) is 9.18. The van der Waals surface area contributed by atoms with E-state index in [1.165, 1.54) is 12.1 Å². The minimum Gasteiger partial charge on any atom is -0.373 e. The monoisotopic (exact) mass is 355 g/mol. The number of nitrogens with zero attached hydrogens (tertiary/aromatic N) is 2. The number of aromatic nitrogens is 1. The molecular weight excluding hydrogens is 337 g/mol. The molecule has 25 heavy (non-hydrogen) atoms. The molecule has 3 aromatic rings. The number of carbonyl (C=O) groups is 1. The van der Waals surface area contributed by atoms with Gasteiger partial charge in [-0.25, -0.2) is 4.39 Å². The maximum absolute atomic E-state index is 13.3. The van der Waals surface area contributed by atoms with Crippen molar-refractivity contribution in [1.29, 1.82) is 0 Å². The fourth-order valence-electron chi connectivity index (χ4n) is 3.13. The van der Waals surface area contributed by atoms with Crippen molar-refractivity contribution in [2.24, 2.45) is 0 Å². The van der Waals surface area contributed by atoms with E-state index in [-0.39, 0.29) is 11.7 Å². The molecule has 0 atom stereocenters. The van der Waals surface area contributed by atoms with Crippen LogP contribution in [0.4, 0.5) is 9.39 Å². The van der Waals surface area contributed by atoms with Gasteiger partial charge in [-0.1, -0.05) is 12.1 Å². The summed E-state index contributed by atoms with van der Waals surface area (Å²) in [6.07, 6.45) is 3.82. The quantitative estimate of drug-likeness (QED) is 0.760. The van der Waals surface area contributed by atoms with E-state index < -0.39 is 0 Å². The number of fused-ring (bicyclic) bond motifs is 1. The molecule has 1 amide bonds. The van der Waals surface area contributed by atoms with Crippen LogP contribution in [0.2, 0.25) is 0 Å². The van der Waals surface area contributed by atoms with Gasteiger partial charge in [0.15, 0.2) is 0 Å². The van der Waals surface area contributed by atoms with Crippen LogP contribution in [0.15, 0.2) is 42.6 Å². The molecule has 1 aromatic carbocycles. The Morgan fingerprint density at radius 3 is 2.88 bits per heavy atom. The van der Waals surface area contributed by atoms with E-state index in [1.54, 1.807) is 23.6 Å². The fourth-order valence-corrected chi connectivity index (χ4v) is 4.08. The summed E-state index contributed by atoms with van der Waals surface area (Å²) < 4.78 is 14.3. The SMILES string of the molecule is O=C(c1nccc2sc(NCc3cccc(F)c3)cc12)N1CCCC1. The van der Waals surface area contributed by atoms with Gasteiger partial charge in [-0.2, -0.15) is 0 Å². The number of hydrogen-bond donors (Lipinski definition) is 1. The zero-order chi connectivity index (χ0) is 17.2. The average molecular weight is 355 g/mol. The van der Waals surface area contributed by atoms with Gasteiger partial charge in [-0.3, -0.25) is 9.78 Å². The van der Waals surface area contributed by atoms with Crippen LogP contribution in [0.5, 0.6) is 0 Å². The van der Waals surface area contributed by atoms with Crippen LogP contribution < -0.4 is 5.32 Å². The summed E-state index contributed by atoms with van der Waals surface area (Å²) in [5.41, 5.74) is 1.40. The topological polar surface area (TPSA) is 45.2 Å². The molecule has 1 N–H and O–H groups in total. The van der Waals surface area contributed by atoms with Gasteiger partial charge in [0.05, 0.1) is 5.00 Å². The zero-order valence-electron chi connectivity index (χ0n) is 13.7. The molecule has 3 heterocycles. The molecule has 4 rings (SSSR count). The smallest absolute Gasteiger partial charge is 0.273 e. The highest BCUT2D eigenvalue weighted by Gasteiger charge is 2.23. The number of amides is 1. The Labute approximate surface area is 149 Å². The van der Waals surface area contributed by atoms with E-state index in [9.17, 15) is 9.18 Å². The van der Waals surface area contributed by atoms with Crippen molar-refractivity contribution in [3.05, 3.63) is 59.7 Å². The van der Waals surface area contributed by atoms with Crippen molar-refractivity contribution in [3.8, 4) is 0 Å². The molecule has 128 valence electrons. The molecule has 0 saturated carbocycles. The molecule has 2 aromatic heterocycles. The molecule has 0 spiro atoms. The van der Waals surface area contributed by atoms with E-state index >= 15 is 0 Å². The molecule has 1 fully saturated rings. The van der Waals surface area contributed by atoms with Crippen LogP contribution in [0.25, 0.3) is 10.1 Å². The largest absolute Gasteiger partial charge is 0.373 e. The van der Waals surface area contributed by atoms with E-state index in [2.05, 4.69) is 10.3 Å². The molecule has 0 unspecified atom stereocenters. The molecule has 1 saturated heterocycles. The van der Waals surface area contributed by atoms with Gasteiger partial charge < -0.3 is 10.2 Å². The Bertz CT molecular complexity index is 918. The van der Waals surface area contributed by atoms with Gasteiger partial charge in [0.2, 0.25) is 0 Å². The maximum Gasteiger partial charge on any atom is 0.273 e. The lowest BCUT2D eigenvalue weighted by atomic mass is 10.2. The molecule has 0 radical (unpaired) electrons. The van der Waals surface area contributed by atoms with Crippen molar-refractivity contribution in [2.75, 3.05) is 18.4 Å². The third-order valence-corrected chi connectivity index (χ3v) is 5.46. The van der Waals surface area contributed by atoms with Crippen molar-refractivity contribution in [3.63, 3.8) is 0 Å². The van der Waals surface area contributed by atoms with Gasteiger partial charge in [0, 0.05) is 35.9 Å². The van der Waals surface area contributed by atoms with Gasteiger partial charge in [-0.15, -0.1) is 11.3 Å². The Kier molecular flexibility index (Phi) is 4.36. The highest BCUT2D eigenvalue weighted by Crippen LogP contribution is 2.32. The molecule has 1 aliphatic heterocycles. The number of carbonyl (C=O) groups excluding carboxylic acids is 1. The van der Waals surface area contributed by atoms with Gasteiger partial charge in [-0.05, 0) is 42.7 Å². The number of pyridine rings is 1. The first-order chi connectivity index (χ1) is 12.2. The van der Waals surface area contributed by atoms with Crippen LogP contribution in [0, 0.1) is 5.82 Å². The first kappa shape index (κ1) is 16.0. The van der Waals surface area contributed by atoms with Crippen LogP contribution in [-0.2, 0) is 6.54 Å². The first-order valence-electron chi connectivity index (χ1n) is 8.37. The van der Waals surface area contributed by atoms with E-state index in [1.807, 2.05) is 23.1 Å². The number of hydrogen-bond acceptors (Lipinski definition) is 4. The minimum absolute atomic E-state index is 0.0116. The van der Waals surface area contributed by atoms with Crippen molar-refractivity contribution < 1.29 is 9.18 Å². The van der Waals surface area contributed by atoms with Gasteiger partial charge in [0.25, 0.3) is 5.91 Å². The number of anilines is 1. The highest BCUT2D eigenvalue weighted by atomic mass is 32.1. The maximum atomic E-state index is 13.3. The Morgan fingerprint density at radius 1 is 1.24 bits per heavy atom. The molecular formula is C19H18FN3OS. The van der Waals surface area contributed by atoms with Crippen LogP contribution in [0.3, 0.4) is 0 Å². The lowest BCUT2D eigenvalue weighted by molar-refractivity contribution is 0.0789. The van der Waals surface area contributed by atoms with Crippen molar-refractivity contribution in [1.82, 2.24) is 9.88 Å². The second-order valence-corrected chi connectivity index (χ2v) is 7.25. The van der Waals surface area contributed by atoms with Gasteiger partial charge >= 0.3 is 0 Å². The van der Waals surface area contributed by atoms with E-state index in [0.717, 1.165) is 46.6 Å². The van der Waals surface area contributed by atoms with E-state index in [4.69, 9.17) is 0 Å². The number of thiophene rings is 1. The number of rotatable bonds is 4. The third kappa shape index (κ3) is 3.35. The molecule has 1 aliphatic rings. The summed E-state index contributed by atoms with van der Waals surface area (Å²) in [4.78, 5) is 18.9. The van der Waals surface area contributed by atoms with Crippen LogP contribution in [0.1, 0.15) is 28.9 Å². The lowest BCUT2D eigenvalue weighted by Crippen LogP contribution is -2.28. The fraction of sp³-hybridized carbons (Fsp3) is 0.263. The van der Waals surface area contributed by atoms with E-state index in [0.29, 0.717) is 12.2 Å². The predicted octanol–water partition coefficient (Wildman–Crippen LogP) is 4.28. The summed E-state index contributed by atoms with van der Waals surface area (Å²) in [6.45, 7) is 2.16. The van der Waals surface area contributed by atoms with Crippen molar-refractivity contribution >= 4 is 32.3 Å². The zero-order valence-corrected chi connectivity index (χ0v) is 14.5. The standard InChI is InChI=1S/C19H18FN3OS/c20-14-5-3-4-13(10-14)12-22-17-11-15-16(25-17)6-7-21-18(15)19(24)23-8-1-2-9-23/h3-7,10-11,22H,1-2,8-9,12H2. The number of halogens is 1. The highest BCUT2D eigenvalue weighted by molar-refractivity contribution is 7.22. The normalized spacial score (nSPS) is 14.2. The second kappa shape index (κ2) is 6.80. The second-order valence-electron chi connectivity index (χ2n) is 6.16. The number of benzene rings is 1. The Morgan fingerprint density at radius 2 is 2.08 bits per heavy atom. The number of likely N-dealkylation sites (tertiary alicyclic amines) is 1. The minimum atomic E-state index is -0.238.